The lowest BCUT2D eigenvalue weighted by molar-refractivity contribution is -0.146. The Kier molecular flexibility index (Phi) is 10.1. The standard InChI is InChI=1S/C36H38N6O5S/c37-29(18-27-20-48-21-39-27)33(43)40-31(17-26-19-38-30-8-4-3-7-28(26)30)34(44)41-32(35(45)42-13-11-24(12-14-42)36(46)47)16-22-9-10-23-5-1-2-6-25(23)15-22/h1-10,15,19-21,24,29,31-32,38H,11-14,16-18,37H2,(H,40,43)(H,41,44)(H,46,47)/t29-,31+,32+/m0/s1. The molecule has 3 amide bonds. The molecular weight excluding hydrogens is 629 g/mol. The minimum atomic E-state index is -1.04. The number of carbonyl (C=O) groups excluding carboxylic acids is 3. The van der Waals surface area contributed by atoms with Crippen LogP contribution in [0.25, 0.3) is 21.7 Å². The van der Waals surface area contributed by atoms with Crippen LogP contribution in [0.1, 0.15) is 29.7 Å². The van der Waals surface area contributed by atoms with Gasteiger partial charge in [0.2, 0.25) is 17.7 Å². The zero-order chi connectivity index (χ0) is 33.6. The fourth-order valence-corrected chi connectivity index (χ4v) is 6.88. The monoisotopic (exact) mass is 666 g/mol. The summed E-state index contributed by atoms with van der Waals surface area (Å²) in [6.07, 6.45) is 3.09. The Labute approximate surface area is 281 Å². The number of carboxylic acids is 1. The Balaban J connectivity index is 1.26. The molecule has 0 radical (unpaired) electrons. The number of thiazole rings is 1. The fourth-order valence-electron chi connectivity index (χ4n) is 6.31. The van der Waals surface area contributed by atoms with Crippen LogP contribution in [0.2, 0.25) is 0 Å². The molecule has 1 aliphatic rings. The maximum absolute atomic E-state index is 14.2. The van der Waals surface area contributed by atoms with Gasteiger partial charge in [-0.15, -0.1) is 11.3 Å². The smallest absolute Gasteiger partial charge is 0.306 e. The molecule has 3 atom stereocenters. The Morgan fingerprint density at radius 2 is 1.65 bits per heavy atom. The van der Waals surface area contributed by atoms with Crippen LogP contribution in [0.5, 0.6) is 0 Å². The summed E-state index contributed by atoms with van der Waals surface area (Å²) in [4.78, 5) is 62.2. The molecule has 248 valence electrons. The predicted molar refractivity (Wildman–Crippen MR) is 184 cm³/mol. The number of nitrogens with one attached hydrogen (secondary N) is 3. The molecule has 0 saturated carbocycles. The van der Waals surface area contributed by atoms with E-state index in [-0.39, 0.29) is 38.3 Å². The van der Waals surface area contributed by atoms with Gasteiger partial charge in [-0.05, 0) is 40.8 Å². The first-order chi connectivity index (χ1) is 23.2. The van der Waals surface area contributed by atoms with Gasteiger partial charge >= 0.3 is 5.97 Å². The van der Waals surface area contributed by atoms with Crippen molar-refractivity contribution in [2.24, 2.45) is 11.7 Å². The van der Waals surface area contributed by atoms with Crippen LogP contribution < -0.4 is 16.4 Å². The average molecular weight is 667 g/mol. The van der Waals surface area contributed by atoms with Crippen molar-refractivity contribution >= 4 is 56.7 Å². The molecule has 2 aromatic heterocycles. The predicted octanol–water partition coefficient (Wildman–Crippen LogP) is 3.43. The molecule has 1 fully saturated rings. The van der Waals surface area contributed by atoms with Crippen molar-refractivity contribution < 1.29 is 24.3 Å². The van der Waals surface area contributed by atoms with Gasteiger partial charge in [0.15, 0.2) is 0 Å². The van der Waals surface area contributed by atoms with Crippen LogP contribution in [0, 0.1) is 5.92 Å². The first-order valence-electron chi connectivity index (χ1n) is 16.0. The number of piperidine rings is 1. The van der Waals surface area contributed by atoms with E-state index in [2.05, 4.69) is 20.6 Å². The van der Waals surface area contributed by atoms with Crippen molar-refractivity contribution in [2.75, 3.05) is 13.1 Å². The summed E-state index contributed by atoms with van der Waals surface area (Å²) in [7, 11) is 0. The SMILES string of the molecule is N[C@@H](Cc1cscn1)C(=O)N[C@H](Cc1c[nH]c2ccccc12)C(=O)N[C@H](Cc1ccc2ccccc2c1)C(=O)N1CCC(C(=O)O)CC1. The van der Waals surface area contributed by atoms with E-state index >= 15 is 0 Å². The topological polar surface area (TPSA) is 171 Å². The highest BCUT2D eigenvalue weighted by atomic mass is 32.1. The lowest BCUT2D eigenvalue weighted by atomic mass is 9.95. The number of fused-ring (bicyclic) bond motifs is 2. The van der Waals surface area contributed by atoms with Crippen molar-refractivity contribution in [3.63, 3.8) is 0 Å². The molecule has 6 N–H and O–H groups in total. The number of carbonyl (C=O) groups is 4. The van der Waals surface area contributed by atoms with Crippen molar-refractivity contribution in [2.45, 2.75) is 50.2 Å². The molecule has 11 nitrogen and oxygen atoms in total. The second kappa shape index (κ2) is 14.8. The number of aromatic amines is 1. The average Bonchev–Trinajstić information content (AvgIpc) is 3.77. The number of likely N-dealkylation sites (tertiary alicyclic amines) is 1. The summed E-state index contributed by atoms with van der Waals surface area (Å²) < 4.78 is 0. The maximum atomic E-state index is 14.2. The first-order valence-corrected chi connectivity index (χ1v) is 17.0. The lowest BCUT2D eigenvalue weighted by Gasteiger charge is -2.33. The number of nitrogens with zero attached hydrogens (tertiary/aromatic N) is 2. The van der Waals surface area contributed by atoms with E-state index in [1.165, 1.54) is 11.3 Å². The van der Waals surface area contributed by atoms with Crippen molar-refractivity contribution in [1.29, 1.82) is 0 Å². The molecule has 0 spiro atoms. The Bertz CT molecular complexity index is 1920. The normalized spacial score (nSPS) is 15.6. The number of H-pyrrole nitrogens is 1. The maximum Gasteiger partial charge on any atom is 0.306 e. The van der Waals surface area contributed by atoms with Gasteiger partial charge in [0, 0.05) is 54.8 Å². The summed E-state index contributed by atoms with van der Waals surface area (Å²) in [6.45, 7) is 0.557. The van der Waals surface area contributed by atoms with Gasteiger partial charge in [-0.2, -0.15) is 0 Å². The summed E-state index contributed by atoms with van der Waals surface area (Å²) in [5, 5.41) is 20.1. The van der Waals surface area contributed by atoms with Gasteiger partial charge in [-0.25, -0.2) is 4.98 Å². The number of carboxylic acid groups (broad SMARTS) is 1. The highest BCUT2D eigenvalue weighted by molar-refractivity contribution is 7.07. The molecule has 1 aliphatic heterocycles. The number of aliphatic carboxylic acids is 1. The van der Waals surface area contributed by atoms with Gasteiger partial charge < -0.3 is 31.4 Å². The van der Waals surface area contributed by atoms with Gasteiger partial charge in [-0.1, -0.05) is 60.7 Å². The van der Waals surface area contributed by atoms with Crippen LogP contribution in [-0.2, 0) is 38.4 Å². The van der Waals surface area contributed by atoms with Gasteiger partial charge in [-0.3, -0.25) is 19.2 Å². The third kappa shape index (κ3) is 7.72. The zero-order valence-electron chi connectivity index (χ0n) is 26.3. The molecule has 3 heterocycles. The third-order valence-electron chi connectivity index (χ3n) is 9.01. The number of rotatable bonds is 12. The van der Waals surface area contributed by atoms with E-state index in [1.807, 2.05) is 78.3 Å². The summed E-state index contributed by atoms with van der Waals surface area (Å²) in [5.41, 5.74) is 11.2. The number of para-hydroxylation sites is 1. The van der Waals surface area contributed by atoms with Crippen LogP contribution >= 0.6 is 11.3 Å². The summed E-state index contributed by atoms with van der Waals surface area (Å²) in [5.74, 6) is -2.69. The largest absolute Gasteiger partial charge is 0.481 e. The number of benzene rings is 3. The van der Waals surface area contributed by atoms with Gasteiger partial charge in [0.25, 0.3) is 0 Å². The van der Waals surface area contributed by atoms with E-state index in [0.29, 0.717) is 18.5 Å². The second-order valence-electron chi connectivity index (χ2n) is 12.3. The van der Waals surface area contributed by atoms with Gasteiger partial charge in [0.1, 0.15) is 12.1 Å². The minimum absolute atomic E-state index is 0.159. The van der Waals surface area contributed by atoms with Gasteiger partial charge in [0.05, 0.1) is 23.2 Å². The molecule has 1 saturated heterocycles. The number of hydrogen-bond donors (Lipinski definition) is 5. The minimum Gasteiger partial charge on any atom is -0.481 e. The van der Waals surface area contributed by atoms with Crippen LogP contribution in [-0.4, -0.2) is 74.9 Å². The molecule has 5 aromatic rings. The Hall–Kier alpha value is -5.07. The number of hydrogen-bond acceptors (Lipinski definition) is 7. The third-order valence-corrected chi connectivity index (χ3v) is 9.64. The molecular formula is C36H38N6O5S. The van der Waals surface area contributed by atoms with Crippen molar-refractivity contribution in [3.8, 4) is 0 Å². The fraction of sp³-hybridized carbons (Fsp3) is 0.306. The molecule has 6 rings (SSSR count). The molecule has 48 heavy (non-hydrogen) atoms. The van der Waals surface area contributed by atoms with Crippen LogP contribution in [0.4, 0.5) is 0 Å². The van der Waals surface area contributed by atoms with E-state index < -0.39 is 41.8 Å². The highest BCUT2D eigenvalue weighted by Crippen LogP contribution is 2.22. The van der Waals surface area contributed by atoms with E-state index in [0.717, 1.165) is 32.8 Å². The Morgan fingerprint density at radius 1 is 0.917 bits per heavy atom. The Morgan fingerprint density at radius 3 is 2.40 bits per heavy atom. The zero-order valence-corrected chi connectivity index (χ0v) is 27.1. The quantitative estimate of drug-likeness (QED) is 0.136. The lowest BCUT2D eigenvalue weighted by Crippen LogP contribution is -2.58. The summed E-state index contributed by atoms with van der Waals surface area (Å²) in [6, 6.07) is 18.6. The molecule has 12 heteroatoms. The first kappa shape index (κ1) is 32.9. The molecule has 3 aromatic carbocycles. The molecule has 0 aliphatic carbocycles. The van der Waals surface area contributed by atoms with Crippen LogP contribution in [0.15, 0.2) is 83.8 Å². The number of amides is 3. The van der Waals surface area contributed by atoms with Crippen molar-refractivity contribution in [1.82, 2.24) is 25.5 Å². The van der Waals surface area contributed by atoms with E-state index in [1.54, 1.807) is 10.4 Å². The van der Waals surface area contributed by atoms with E-state index in [4.69, 9.17) is 5.73 Å². The number of aromatic nitrogens is 2. The second-order valence-corrected chi connectivity index (χ2v) is 13.0. The van der Waals surface area contributed by atoms with E-state index in [9.17, 15) is 24.3 Å². The molecule has 0 bridgehead atoms. The van der Waals surface area contributed by atoms with Crippen molar-refractivity contribution in [3.05, 3.63) is 101 Å². The van der Waals surface area contributed by atoms with Crippen LogP contribution in [0.3, 0.4) is 0 Å². The molecule has 0 unspecified atom stereocenters. The summed E-state index contributed by atoms with van der Waals surface area (Å²) >= 11 is 1.41. The highest BCUT2D eigenvalue weighted by Gasteiger charge is 2.34. The number of nitrogens with two attached hydrogens (primary N) is 1.